The summed E-state index contributed by atoms with van der Waals surface area (Å²) in [6, 6.07) is 6.87. The van der Waals surface area contributed by atoms with Gasteiger partial charge >= 0.3 is 0 Å². The zero-order valence-electron chi connectivity index (χ0n) is 17.9. The van der Waals surface area contributed by atoms with Crippen molar-refractivity contribution in [3.63, 3.8) is 0 Å². The minimum absolute atomic E-state index is 0.125. The molecule has 1 aliphatic heterocycles. The Morgan fingerprint density at radius 2 is 2.06 bits per heavy atom. The van der Waals surface area contributed by atoms with Gasteiger partial charge in [0.15, 0.2) is 0 Å². The predicted octanol–water partition coefficient (Wildman–Crippen LogP) is 4.42. The largest absolute Gasteiger partial charge is 0.339 e. The van der Waals surface area contributed by atoms with Crippen LogP contribution in [-0.4, -0.2) is 41.9 Å². The van der Waals surface area contributed by atoms with Gasteiger partial charge in [0.1, 0.15) is 0 Å². The van der Waals surface area contributed by atoms with Gasteiger partial charge in [-0.25, -0.2) is 8.42 Å². The molecule has 1 saturated heterocycles. The second-order valence-corrected chi connectivity index (χ2v) is 11.4. The molecule has 1 amide bonds. The lowest BCUT2D eigenvalue weighted by Gasteiger charge is -2.31. The molecular formula is C21H23ClN4O4S2. The van der Waals surface area contributed by atoms with Gasteiger partial charge in [0.05, 0.1) is 15.7 Å². The Kier molecular flexibility index (Phi) is 6.39. The second kappa shape index (κ2) is 8.93. The zero-order chi connectivity index (χ0) is 23.0. The molecule has 0 spiro atoms. The lowest BCUT2D eigenvalue weighted by atomic mass is 9.98. The van der Waals surface area contributed by atoms with Crippen molar-refractivity contribution in [2.24, 2.45) is 5.92 Å². The van der Waals surface area contributed by atoms with E-state index in [2.05, 4.69) is 15.5 Å². The number of amides is 1. The number of piperidine rings is 1. The van der Waals surface area contributed by atoms with Crippen LogP contribution in [0.1, 0.15) is 29.2 Å². The van der Waals surface area contributed by atoms with Gasteiger partial charge in [0.25, 0.3) is 0 Å². The maximum absolute atomic E-state index is 13.4. The number of nitrogens with zero attached hydrogens (tertiary/aromatic N) is 3. The second-order valence-electron chi connectivity index (χ2n) is 7.82. The zero-order valence-corrected chi connectivity index (χ0v) is 20.3. The number of hydrogen-bond acceptors (Lipinski definition) is 7. The van der Waals surface area contributed by atoms with E-state index in [9.17, 15) is 13.2 Å². The molecule has 8 nitrogen and oxygen atoms in total. The fraction of sp³-hybridized carbons (Fsp3) is 0.381. The number of anilines is 1. The Bertz CT molecular complexity index is 1270. The highest BCUT2D eigenvalue weighted by Gasteiger charge is 2.35. The Labute approximate surface area is 195 Å². The Morgan fingerprint density at radius 1 is 1.28 bits per heavy atom. The van der Waals surface area contributed by atoms with Gasteiger partial charge in [-0.3, -0.25) is 4.79 Å². The van der Waals surface area contributed by atoms with Crippen LogP contribution in [-0.2, 0) is 14.8 Å². The van der Waals surface area contributed by atoms with Crippen molar-refractivity contribution in [2.45, 2.75) is 38.5 Å². The summed E-state index contributed by atoms with van der Waals surface area (Å²) in [5.41, 5.74) is 1.53. The number of nitrogens with one attached hydrogen (secondary N) is 1. The van der Waals surface area contributed by atoms with E-state index in [1.807, 2.05) is 13.0 Å². The van der Waals surface area contributed by atoms with Crippen LogP contribution in [0.3, 0.4) is 0 Å². The van der Waals surface area contributed by atoms with Crippen molar-refractivity contribution in [1.29, 1.82) is 0 Å². The average Bonchev–Trinajstić information content (AvgIpc) is 3.36. The van der Waals surface area contributed by atoms with Gasteiger partial charge < -0.3 is 9.84 Å². The lowest BCUT2D eigenvalue weighted by Crippen LogP contribution is -2.43. The topological polar surface area (TPSA) is 105 Å². The maximum Gasteiger partial charge on any atom is 0.244 e. The minimum Gasteiger partial charge on any atom is -0.339 e. The number of benzene rings is 1. The number of rotatable bonds is 5. The van der Waals surface area contributed by atoms with E-state index in [0.717, 1.165) is 5.56 Å². The molecular weight excluding hydrogens is 472 g/mol. The molecule has 0 unspecified atom stereocenters. The number of hydrogen-bond donors (Lipinski definition) is 1. The standard InChI is InChI=1S/C21H23ClN4O4S2/c1-12-6-7-16(22)9-17(12)24-21(27)15-5-4-8-26(11-15)32(28,29)19-10-18(31-13(19)2)20-23-14(3)30-25-20/h6-7,9-10,15H,4-5,8,11H2,1-3H3,(H,24,27)/t15-/m1/s1. The summed E-state index contributed by atoms with van der Waals surface area (Å²) in [5.74, 6) is 0.121. The normalized spacial score (nSPS) is 17.4. The number of halogens is 1. The molecule has 0 saturated carbocycles. The molecule has 1 N–H and O–H groups in total. The van der Waals surface area contributed by atoms with E-state index < -0.39 is 15.9 Å². The summed E-state index contributed by atoms with van der Waals surface area (Å²) in [7, 11) is -3.77. The SMILES string of the molecule is Cc1nc(-c2cc(S(=O)(=O)N3CCC[C@@H](C(=O)Nc4cc(Cl)ccc4C)C3)c(C)s2)no1. The Hall–Kier alpha value is -2.27. The van der Waals surface area contributed by atoms with Crippen LogP contribution in [0.4, 0.5) is 5.69 Å². The van der Waals surface area contributed by atoms with E-state index in [4.69, 9.17) is 16.1 Å². The van der Waals surface area contributed by atoms with Crippen molar-refractivity contribution < 1.29 is 17.7 Å². The van der Waals surface area contributed by atoms with Crippen molar-refractivity contribution in [3.05, 3.63) is 45.6 Å². The third-order valence-corrected chi connectivity index (χ3v) is 8.85. The fourth-order valence-corrected chi connectivity index (χ4v) is 6.89. The molecule has 0 bridgehead atoms. The molecule has 0 aliphatic carbocycles. The predicted molar refractivity (Wildman–Crippen MR) is 123 cm³/mol. The van der Waals surface area contributed by atoms with E-state index in [1.165, 1.54) is 15.6 Å². The number of carbonyl (C=O) groups excluding carboxylic acids is 1. The molecule has 1 atom stereocenters. The first-order valence-electron chi connectivity index (χ1n) is 10.1. The first kappa shape index (κ1) is 22.9. The molecule has 2 aromatic heterocycles. The Morgan fingerprint density at radius 3 is 2.78 bits per heavy atom. The summed E-state index contributed by atoms with van der Waals surface area (Å²) in [6.07, 6.45) is 1.22. The van der Waals surface area contributed by atoms with E-state index >= 15 is 0 Å². The minimum atomic E-state index is -3.77. The van der Waals surface area contributed by atoms with Gasteiger partial charge in [-0.15, -0.1) is 11.3 Å². The molecule has 32 heavy (non-hydrogen) atoms. The van der Waals surface area contributed by atoms with Crippen LogP contribution in [0.25, 0.3) is 10.7 Å². The monoisotopic (exact) mass is 494 g/mol. The van der Waals surface area contributed by atoms with Crippen LogP contribution in [0.2, 0.25) is 5.02 Å². The number of carbonyl (C=O) groups is 1. The number of thiophene rings is 1. The van der Waals surface area contributed by atoms with Crippen molar-refractivity contribution in [2.75, 3.05) is 18.4 Å². The molecule has 11 heteroatoms. The van der Waals surface area contributed by atoms with E-state index in [-0.39, 0.29) is 17.3 Å². The van der Waals surface area contributed by atoms with Gasteiger partial charge in [-0.2, -0.15) is 9.29 Å². The van der Waals surface area contributed by atoms with Crippen molar-refractivity contribution >= 4 is 44.6 Å². The maximum atomic E-state index is 13.4. The molecule has 1 aliphatic rings. The van der Waals surface area contributed by atoms with Crippen molar-refractivity contribution in [3.8, 4) is 10.7 Å². The summed E-state index contributed by atoms with van der Waals surface area (Å²) in [5, 5.41) is 7.31. The van der Waals surface area contributed by atoms with Crippen molar-refractivity contribution in [1.82, 2.24) is 14.4 Å². The third-order valence-electron chi connectivity index (χ3n) is 5.45. The first-order chi connectivity index (χ1) is 15.1. The molecule has 4 rings (SSSR count). The molecule has 0 radical (unpaired) electrons. The third kappa shape index (κ3) is 4.59. The lowest BCUT2D eigenvalue weighted by molar-refractivity contribution is -0.120. The summed E-state index contributed by atoms with van der Waals surface area (Å²) < 4.78 is 33.2. The number of aryl methyl sites for hydroxylation is 3. The van der Waals surface area contributed by atoms with Crippen LogP contribution >= 0.6 is 22.9 Å². The van der Waals surface area contributed by atoms with Crippen LogP contribution in [0.5, 0.6) is 0 Å². The van der Waals surface area contributed by atoms with Gasteiger partial charge in [0.2, 0.25) is 27.6 Å². The first-order valence-corrected chi connectivity index (χ1v) is 12.8. The van der Waals surface area contributed by atoms with E-state index in [0.29, 0.717) is 51.6 Å². The van der Waals surface area contributed by atoms with Crippen LogP contribution < -0.4 is 5.32 Å². The highest BCUT2D eigenvalue weighted by Crippen LogP contribution is 2.35. The average molecular weight is 495 g/mol. The molecule has 1 fully saturated rings. The number of sulfonamides is 1. The fourth-order valence-electron chi connectivity index (χ4n) is 3.71. The molecule has 3 aromatic rings. The van der Waals surface area contributed by atoms with Crippen LogP contribution in [0.15, 0.2) is 33.7 Å². The summed E-state index contributed by atoms with van der Waals surface area (Å²) >= 11 is 7.35. The summed E-state index contributed by atoms with van der Waals surface area (Å²) in [4.78, 5) is 18.6. The van der Waals surface area contributed by atoms with Gasteiger partial charge in [0, 0.05) is 35.6 Å². The molecule has 170 valence electrons. The van der Waals surface area contributed by atoms with E-state index in [1.54, 1.807) is 32.0 Å². The van der Waals surface area contributed by atoms with Gasteiger partial charge in [-0.05, 0) is 50.5 Å². The number of aromatic nitrogens is 2. The van der Waals surface area contributed by atoms with Gasteiger partial charge in [-0.1, -0.05) is 22.8 Å². The molecule has 1 aromatic carbocycles. The quantitative estimate of drug-likeness (QED) is 0.563. The Balaban J connectivity index is 1.53. The summed E-state index contributed by atoms with van der Waals surface area (Å²) in [6.45, 7) is 5.81. The van der Waals surface area contributed by atoms with Crippen LogP contribution in [0, 0.1) is 26.7 Å². The smallest absolute Gasteiger partial charge is 0.244 e. The highest BCUT2D eigenvalue weighted by atomic mass is 35.5. The highest BCUT2D eigenvalue weighted by molar-refractivity contribution is 7.89. The molecule has 3 heterocycles.